The third-order valence-corrected chi connectivity index (χ3v) is 6.27. The van der Waals surface area contributed by atoms with Crippen LogP contribution < -0.4 is 4.74 Å². The van der Waals surface area contributed by atoms with E-state index in [1.54, 1.807) is 6.21 Å². The van der Waals surface area contributed by atoms with Crippen LogP contribution in [0.5, 0.6) is 5.75 Å². The van der Waals surface area contributed by atoms with Crippen molar-refractivity contribution in [2.75, 3.05) is 6.61 Å². The Kier molecular flexibility index (Phi) is 4.04. The van der Waals surface area contributed by atoms with Crippen LogP contribution >= 0.6 is 0 Å². The van der Waals surface area contributed by atoms with Gasteiger partial charge in [0.25, 0.3) is 11.8 Å². The van der Waals surface area contributed by atoms with E-state index in [1.165, 1.54) is 0 Å². The lowest BCUT2D eigenvalue weighted by Gasteiger charge is -2.37. The van der Waals surface area contributed by atoms with Gasteiger partial charge < -0.3 is 4.74 Å². The standard InChI is InChI=1S/C23H22N2O3/c1-2-28-19-12-11-14-5-3-4-6-17(14)18(19)13-24-25-22(26)20-15-7-8-16(10-9-15)21(20)23(25)27/h3-8,11-13,15-16,20-21H,2,9-10H2,1H3/b24-13-/t15-,16-,20-,21-/m1/s1. The first-order chi connectivity index (χ1) is 13.7. The molecule has 0 unspecified atom stereocenters. The highest BCUT2D eigenvalue weighted by atomic mass is 16.5. The number of hydrazone groups is 1. The molecule has 1 saturated carbocycles. The van der Waals surface area contributed by atoms with E-state index in [1.807, 2.05) is 43.3 Å². The molecule has 4 aliphatic rings. The average Bonchev–Trinajstić information content (AvgIpc) is 3.00. The molecule has 142 valence electrons. The summed E-state index contributed by atoms with van der Waals surface area (Å²) in [7, 11) is 0. The second-order valence-electron chi connectivity index (χ2n) is 7.71. The van der Waals surface area contributed by atoms with Crippen molar-refractivity contribution in [1.29, 1.82) is 0 Å². The van der Waals surface area contributed by atoms with E-state index in [-0.39, 0.29) is 35.5 Å². The number of hydrogen-bond acceptors (Lipinski definition) is 4. The predicted molar refractivity (Wildman–Crippen MR) is 107 cm³/mol. The van der Waals surface area contributed by atoms with Crippen molar-refractivity contribution in [3.63, 3.8) is 0 Å². The minimum Gasteiger partial charge on any atom is -0.493 e. The lowest BCUT2D eigenvalue weighted by atomic mass is 9.63. The first-order valence-corrected chi connectivity index (χ1v) is 9.93. The Balaban J connectivity index is 1.52. The van der Waals surface area contributed by atoms with Crippen LogP contribution in [0.25, 0.3) is 10.8 Å². The fourth-order valence-corrected chi connectivity index (χ4v) is 4.98. The van der Waals surface area contributed by atoms with Gasteiger partial charge in [-0.3, -0.25) is 9.59 Å². The molecule has 0 spiro atoms. The number of amides is 2. The van der Waals surface area contributed by atoms with E-state index in [4.69, 9.17) is 4.74 Å². The van der Waals surface area contributed by atoms with Gasteiger partial charge in [-0.1, -0.05) is 42.5 Å². The second-order valence-corrected chi connectivity index (χ2v) is 7.71. The van der Waals surface area contributed by atoms with Gasteiger partial charge in [0.1, 0.15) is 5.75 Å². The van der Waals surface area contributed by atoms with Crippen LogP contribution in [-0.2, 0) is 9.59 Å². The third kappa shape index (κ3) is 2.49. The largest absolute Gasteiger partial charge is 0.493 e. The summed E-state index contributed by atoms with van der Waals surface area (Å²) in [5, 5.41) is 7.51. The molecule has 2 fully saturated rings. The summed E-state index contributed by atoms with van der Waals surface area (Å²) in [6, 6.07) is 11.9. The topological polar surface area (TPSA) is 59.0 Å². The Labute approximate surface area is 163 Å². The minimum absolute atomic E-state index is 0.163. The number of hydrogen-bond donors (Lipinski definition) is 0. The maximum Gasteiger partial charge on any atom is 0.254 e. The van der Waals surface area contributed by atoms with Gasteiger partial charge in [-0.05, 0) is 48.4 Å². The molecule has 2 bridgehead atoms. The zero-order valence-corrected chi connectivity index (χ0v) is 15.7. The van der Waals surface area contributed by atoms with E-state index in [0.29, 0.717) is 12.4 Å². The molecule has 0 aromatic heterocycles. The molecular weight excluding hydrogens is 352 g/mol. The molecule has 0 N–H and O–H groups in total. The fraction of sp³-hybridized carbons (Fsp3) is 0.348. The number of imide groups is 1. The van der Waals surface area contributed by atoms with Crippen LogP contribution in [0.2, 0.25) is 0 Å². The Morgan fingerprint density at radius 1 is 1.04 bits per heavy atom. The van der Waals surface area contributed by atoms with E-state index in [0.717, 1.165) is 34.2 Å². The van der Waals surface area contributed by atoms with Gasteiger partial charge in [0.05, 0.1) is 24.7 Å². The highest BCUT2D eigenvalue weighted by molar-refractivity contribution is 6.08. The molecule has 5 nitrogen and oxygen atoms in total. The van der Waals surface area contributed by atoms with Crippen molar-refractivity contribution in [3.05, 3.63) is 54.1 Å². The van der Waals surface area contributed by atoms with Gasteiger partial charge in [0.2, 0.25) is 0 Å². The first-order valence-electron chi connectivity index (χ1n) is 9.93. The van der Waals surface area contributed by atoms with Gasteiger partial charge in [-0.25, -0.2) is 0 Å². The summed E-state index contributed by atoms with van der Waals surface area (Å²) in [6.07, 6.45) is 7.81. The average molecular weight is 374 g/mol. The van der Waals surface area contributed by atoms with Crippen LogP contribution in [0.4, 0.5) is 0 Å². The number of benzene rings is 2. The molecule has 2 aromatic rings. The van der Waals surface area contributed by atoms with Crippen molar-refractivity contribution in [1.82, 2.24) is 5.01 Å². The Hall–Kier alpha value is -2.95. The van der Waals surface area contributed by atoms with Gasteiger partial charge in [0, 0.05) is 5.56 Å². The van der Waals surface area contributed by atoms with Crippen LogP contribution in [-0.4, -0.2) is 29.6 Å². The zero-order valence-electron chi connectivity index (χ0n) is 15.7. The summed E-state index contributed by atoms with van der Waals surface area (Å²) in [4.78, 5) is 25.9. The van der Waals surface area contributed by atoms with E-state index < -0.39 is 0 Å². The second kappa shape index (κ2) is 6.59. The Morgan fingerprint density at radius 2 is 1.71 bits per heavy atom. The van der Waals surface area contributed by atoms with E-state index >= 15 is 0 Å². The molecule has 2 aromatic carbocycles. The zero-order chi connectivity index (χ0) is 19.3. The Bertz CT molecular complexity index is 994. The number of fused-ring (bicyclic) bond motifs is 2. The van der Waals surface area contributed by atoms with Crippen LogP contribution in [0.3, 0.4) is 0 Å². The van der Waals surface area contributed by atoms with Crippen molar-refractivity contribution < 1.29 is 14.3 Å². The molecule has 2 amide bonds. The number of rotatable bonds is 4. The lowest BCUT2D eigenvalue weighted by Crippen LogP contribution is -2.38. The van der Waals surface area contributed by atoms with Crippen molar-refractivity contribution in [3.8, 4) is 5.75 Å². The number of carbonyl (C=O) groups is 2. The molecule has 5 heteroatoms. The van der Waals surface area contributed by atoms with Crippen molar-refractivity contribution in [2.45, 2.75) is 19.8 Å². The Morgan fingerprint density at radius 3 is 2.36 bits per heavy atom. The van der Waals surface area contributed by atoms with E-state index in [9.17, 15) is 9.59 Å². The number of nitrogens with zero attached hydrogens (tertiary/aromatic N) is 2. The van der Waals surface area contributed by atoms with Gasteiger partial charge >= 0.3 is 0 Å². The fourth-order valence-electron chi connectivity index (χ4n) is 4.98. The van der Waals surface area contributed by atoms with Gasteiger partial charge in [0.15, 0.2) is 0 Å². The summed E-state index contributed by atoms with van der Waals surface area (Å²) in [5.41, 5.74) is 0.788. The third-order valence-electron chi connectivity index (χ3n) is 6.27. The maximum atomic E-state index is 13.0. The SMILES string of the molecule is CCOc1ccc2ccccc2c1/C=N\N1C(=O)[C@H]2[C@H](C1=O)[C@@H]1C=C[C@@H]2CC1. The van der Waals surface area contributed by atoms with Crippen LogP contribution in [0, 0.1) is 23.7 Å². The molecule has 1 heterocycles. The van der Waals surface area contributed by atoms with Crippen molar-refractivity contribution in [2.24, 2.45) is 28.8 Å². The molecule has 0 radical (unpaired) electrons. The predicted octanol–water partition coefficient (Wildman–Crippen LogP) is 3.77. The molecule has 1 saturated heterocycles. The van der Waals surface area contributed by atoms with E-state index in [2.05, 4.69) is 17.3 Å². The highest BCUT2D eigenvalue weighted by Gasteiger charge is 2.56. The summed E-state index contributed by atoms with van der Waals surface area (Å²) >= 11 is 0. The van der Waals surface area contributed by atoms with Crippen LogP contribution in [0.15, 0.2) is 53.7 Å². The lowest BCUT2D eigenvalue weighted by molar-refractivity contribution is -0.140. The van der Waals surface area contributed by atoms with Gasteiger partial charge in [-0.2, -0.15) is 10.1 Å². The molecule has 1 aliphatic heterocycles. The number of allylic oxidation sites excluding steroid dienone is 2. The maximum absolute atomic E-state index is 13.0. The molecule has 6 rings (SSSR count). The molecular formula is C23H22N2O3. The normalized spacial score (nSPS) is 28.5. The number of carbonyl (C=O) groups excluding carboxylic acids is 2. The molecule has 3 aliphatic carbocycles. The quantitative estimate of drug-likeness (QED) is 0.465. The monoisotopic (exact) mass is 374 g/mol. The van der Waals surface area contributed by atoms with Crippen LogP contribution in [0.1, 0.15) is 25.3 Å². The van der Waals surface area contributed by atoms with Gasteiger partial charge in [-0.15, -0.1) is 0 Å². The summed E-state index contributed by atoms with van der Waals surface area (Å²) in [5.74, 6) is 0.223. The first kappa shape index (κ1) is 17.2. The van der Waals surface area contributed by atoms with Crippen molar-refractivity contribution >= 4 is 28.8 Å². The minimum atomic E-state index is -0.243. The molecule has 4 atom stereocenters. The summed E-state index contributed by atoms with van der Waals surface area (Å²) in [6.45, 7) is 2.46. The smallest absolute Gasteiger partial charge is 0.254 e. The number of ether oxygens (including phenoxy) is 1. The summed E-state index contributed by atoms with van der Waals surface area (Å²) < 4.78 is 5.76. The highest BCUT2D eigenvalue weighted by Crippen LogP contribution is 2.49. The molecule has 28 heavy (non-hydrogen) atoms.